The Balaban J connectivity index is 0.000000333. The molecule has 0 amide bonds. The van der Waals surface area contributed by atoms with Crippen molar-refractivity contribution in [3.8, 4) is 0 Å². The maximum absolute atomic E-state index is 11.3. The van der Waals surface area contributed by atoms with Gasteiger partial charge in [-0.3, -0.25) is 4.79 Å². The van der Waals surface area contributed by atoms with Crippen molar-refractivity contribution < 1.29 is 4.79 Å². The molecule has 0 aliphatic heterocycles. The van der Waals surface area contributed by atoms with Crippen molar-refractivity contribution in [3.63, 3.8) is 0 Å². The highest BCUT2D eigenvalue weighted by Crippen LogP contribution is 2.28. The molecular weight excluding hydrogens is 306 g/mol. The summed E-state index contributed by atoms with van der Waals surface area (Å²) < 4.78 is 0. The molecular formula is C23H29NO. The van der Waals surface area contributed by atoms with Gasteiger partial charge < -0.3 is 5.32 Å². The second kappa shape index (κ2) is 9.63. The van der Waals surface area contributed by atoms with Crippen LogP contribution >= 0.6 is 0 Å². The van der Waals surface area contributed by atoms with Crippen molar-refractivity contribution in [2.45, 2.75) is 40.7 Å². The van der Waals surface area contributed by atoms with E-state index in [4.69, 9.17) is 0 Å². The highest BCUT2D eigenvalue weighted by molar-refractivity contribution is 6.18. The summed E-state index contributed by atoms with van der Waals surface area (Å²) in [5, 5.41) is 3.35. The number of hydrogen-bond donors (Lipinski definition) is 1. The number of nitrogens with one attached hydrogen (secondary N) is 1. The molecule has 2 nitrogen and oxygen atoms in total. The van der Waals surface area contributed by atoms with Crippen LogP contribution in [0.5, 0.6) is 0 Å². The van der Waals surface area contributed by atoms with E-state index in [1.807, 2.05) is 45.1 Å². The number of hydrogen-bond acceptors (Lipinski definition) is 2. The van der Waals surface area contributed by atoms with Crippen LogP contribution in [0.1, 0.15) is 44.9 Å². The predicted molar refractivity (Wildman–Crippen MR) is 108 cm³/mol. The monoisotopic (exact) mass is 335 g/mol. The minimum atomic E-state index is 0.0731. The van der Waals surface area contributed by atoms with Crippen molar-refractivity contribution in [2.75, 3.05) is 0 Å². The van der Waals surface area contributed by atoms with Crippen LogP contribution in [0.2, 0.25) is 0 Å². The quantitative estimate of drug-likeness (QED) is 0.548. The number of ketones is 1. The second-order valence-electron chi connectivity index (χ2n) is 6.23. The number of benzene rings is 1. The lowest BCUT2D eigenvalue weighted by atomic mass is 9.88. The molecule has 1 aliphatic carbocycles. The minimum Gasteiger partial charge on any atom is -0.378 e. The predicted octanol–water partition coefficient (Wildman–Crippen LogP) is 5.75. The van der Waals surface area contributed by atoms with Gasteiger partial charge in [0.25, 0.3) is 0 Å². The molecule has 1 atom stereocenters. The zero-order chi connectivity index (χ0) is 19.0. The highest BCUT2D eigenvalue weighted by Gasteiger charge is 2.29. The molecule has 132 valence electrons. The molecule has 0 saturated heterocycles. The Morgan fingerprint density at radius 3 is 2.48 bits per heavy atom. The van der Waals surface area contributed by atoms with Gasteiger partial charge >= 0.3 is 0 Å². The summed E-state index contributed by atoms with van der Waals surface area (Å²) in [6.45, 7) is 17.4. The number of rotatable bonds is 5. The van der Waals surface area contributed by atoms with Crippen molar-refractivity contribution in [2.24, 2.45) is 0 Å². The van der Waals surface area contributed by atoms with E-state index in [2.05, 4.69) is 50.5 Å². The smallest absolute Gasteiger partial charge is 0.192 e. The summed E-state index contributed by atoms with van der Waals surface area (Å²) in [5.41, 5.74) is 5.99. The van der Waals surface area contributed by atoms with Crippen LogP contribution in [-0.2, 0) is 4.79 Å². The SMILES string of the molecule is C=C/C=C(C)\C=C/C.C=C1C(=O)C(C)=C1NC(C)c1cccc(C)c1. The van der Waals surface area contributed by atoms with E-state index in [0.29, 0.717) is 5.57 Å². The van der Waals surface area contributed by atoms with Gasteiger partial charge in [0.15, 0.2) is 5.78 Å². The normalized spacial score (nSPS) is 15.5. The average Bonchev–Trinajstić information content (AvgIpc) is 2.59. The Morgan fingerprint density at radius 1 is 1.28 bits per heavy atom. The Kier molecular flexibility index (Phi) is 7.87. The zero-order valence-electron chi connectivity index (χ0n) is 16.0. The molecule has 2 rings (SSSR count). The molecule has 0 aromatic heterocycles. The number of carbonyl (C=O) groups is 1. The first-order valence-corrected chi connectivity index (χ1v) is 8.51. The van der Waals surface area contributed by atoms with Gasteiger partial charge in [0.2, 0.25) is 0 Å². The molecule has 1 aromatic carbocycles. The summed E-state index contributed by atoms with van der Waals surface area (Å²) in [6, 6.07) is 8.54. The molecule has 0 heterocycles. The van der Waals surface area contributed by atoms with Gasteiger partial charge in [-0.2, -0.15) is 0 Å². The Morgan fingerprint density at radius 2 is 1.96 bits per heavy atom. The average molecular weight is 335 g/mol. The maximum Gasteiger partial charge on any atom is 0.192 e. The Hall–Kier alpha value is -2.61. The van der Waals surface area contributed by atoms with Crippen molar-refractivity contribution >= 4 is 5.78 Å². The van der Waals surface area contributed by atoms with Gasteiger partial charge in [-0.25, -0.2) is 0 Å². The molecule has 0 radical (unpaired) electrons. The van der Waals surface area contributed by atoms with E-state index >= 15 is 0 Å². The fourth-order valence-electron chi connectivity index (χ4n) is 2.56. The van der Waals surface area contributed by atoms with Crippen LogP contribution in [0.25, 0.3) is 0 Å². The molecule has 0 saturated carbocycles. The summed E-state index contributed by atoms with van der Waals surface area (Å²) >= 11 is 0. The number of aryl methyl sites for hydroxylation is 1. The van der Waals surface area contributed by atoms with Crippen molar-refractivity contribution in [1.82, 2.24) is 5.32 Å². The van der Waals surface area contributed by atoms with Crippen molar-refractivity contribution in [3.05, 3.63) is 95.3 Å². The van der Waals surface area contributed by atoms with Gasteiger partial charge in [-0.05, 0) is 40.2 Å². The third-order valence-electron chi connectivity index (χ3n) is 4.00. The van der Waals surface area contributed by atoms with E-state index in [-0.39, 0.29) is 11.8 Å². The minimum absolute atomic E-state index is 0.0731. The van der Waals surface area contributed by atoms with Gasteiger partial charge in [0, 0.05) is 17.2 Å². The number of Topliss-reactive ketones (excluding diaryl/α,β-unsaturated/α-hetero) is 1. The van der Waals surface area contributed by atoms with E-state index in [1.54, 1.807) is 6.08 Å². The van der Waals surface area contributed by atoms with Gasteiger partial charge in [-0.1, -0.05) is 72.9 Å². The third-order valence-corrected chi connectivity index (χ3v) is 4.00. The van der Waals surface area contributed by atoms with Crippen LogP contribution in [0.4, 0.5) is 0 Å². The topological polar surface area (TPSA) is 29.1 Å². The molecule has 25 heavy (non-hydrogen) atoms. The molecule has 1 unspecified atom stereocenters. The molecule has 1 aromatic rings. The molecule has 2 heteroatoms. The van der Waals surface area contributed by atoms with E-state index in [1.165, 1.54) is 16.7 Å². The van der Waals surface area contributed by atoms with Gasteiger partial charge in [0.1, 0.15) is 0 Å². The van der Waals surface area contributed by atoms with Crippen LogP contribution in [0.3, 0.4) is 0 Å². The summed E-state index contributed by atoms with van der Waals surface area (Å²) in [6.07, 6.45) is 7.81. The van der Waals surface area contributed by atoms with Crippen molar-refractivity contribution in [1.29, 1.82) is 0 Å². The van der Waals surface area contributed by atoms with Crippen LogP contribution in [0, 0.1) is 6.92 Å². The third kappa shape index (κ3) is 5.75. The lowest BCUT2D eigenvalue weighted by Crippen LogP contribution is -2.31. The second-order valence-corrected chi connectivity index (χ2v) is 6.23. The Labute approximate surface area is 152 Å². The molecule has 1 N–H and O–H groups in total. The van der Waals surface area contributed by atoms with Crippen LogP contribution in [0.15, 0.2) is 84.1 Å². The first kappa shape index (κ1) is 20.4. The Bertz CT molecular complexity index is 747. The van der Waals surface area contributed by atoms with Crippen LogP contribution in [-0.4, -0.2) is 5.78 Å². The maximum atomic E-state index is 11.3. The lowest BCUT2D eigenvalue weighted by Gasteiger charge is -2.27. The first-order chi connectivity index (χ1) is 11.8. The number of allylic oxidation sites excluding steroid dienone is 7. The van der Waals surface area contributed by atoms with Crippen LogP contribution < -0.4 is 5.32 Å². The molecule has 1 aliphatic rings. The molecule has 0 bridgehead atoms. The summed E-state index contributed by atoms with van der Waals surface area (Å²) in [7, 11) is 0. The van der Waals surface area contributed by atoms with E-state index in [0.717, 1.165) is 11.3 Å². The summed E-state index contributed by atoms with van der Waals surface area (Å²) in [4.78, 5) is 11.3. The highest BCUT2D eigenvalue weighted by atomic mass is 16.1. The summed E-state index contributed by atoms with van der Waals surface area (Å²) in [5.74, 6) is 0.0731. The lowest BCUT2D eigenvalue weighted by molar-refractivity contribution is -0.113. The zero-order valence-corrected chi connectivity index (χ0v) is 16.0. The molecule has 0 spiro atoms. The number of carbonyl (C=O) groups excluding carboxylic acids is 1. The fourth-order valence-corrected chi connectivity index (χ4v) is 2.56. The van der Waals surface area contributed by atoms with E-state index in [9.17, 15) is 4.79 Å². The standard InChI is InChI=1S/C15H17NO.C8H12/c1-9-6-5-7-13(8-9)12(4)16-14-10(2)15(17)11(14)3;1-4-6-8(3)7-5-2/h5-8,12,16H,2H2,1,3-4H3;4-7H,1H2,2-3H3/b;7-5-,8-6-. The van der Waals surface area contributed by atoms with Gasteiger partial charge in [0.05, 0.1) is 5.70 Å². The largest absolute Gasteiger partial charge is 0.378 e. The molecule has 0 fully saturated rings. The van der Waals surface area contributed by atoms with E-state index < -0.39 is 0 Å². The fraction of sp³-hybridized carbons (Fsp3) is 0.261. The first-order valence-electron chi connectivity index (χ1n) is 8.51. The van der Waals surface area contributed by atoms with Gasteiger partial charge in [-0.15, -0.1) is 0 Å².